The number of furan rings is 2. The lowest BCUT2D eigenvalue weighted by Crippen LogP contribution is -2.37. The standard InChI is InChI=1S/C32H25F2N5O4S.C18H18BFN2O6S.C14H9ClFN3/c1-35-32(40)30-22-13-20(27(38(2)44(3,41)42)16-29(22)43-31(30)17-7-9-18(33)10-8-17)25-14-21-24(36-37-25)11-12-39-26-6-4-5-23(34)19(26)15-28(21)39;1-21-18(23)16-12-8-13(19(24)25)14(22(2)29(3,26)27)9-15(12)28-17(16)10-4-6-11(20)7-5-10;15-14-7-9-11(17-18-14)4-5-19-12-3-1-2-10(16)8(12)6-13(9)19/h4-10,13-16H,11-12H2,1-3H3,(H,35,40);4-9,24-25H,1-3H3,(H,21,23);1-3,6-7H,4-5H2. The normalized spacial score (nSPS) is 12.5. The van der Waals surface area contributed by atoms with Gasteiger partial charge in [-0.15, -0.1) is 5.10 Å². The third-order valence-electron chi connectivity index (χ3n) is 16.2. The predicted molar refractivity (Wildman–Crippen MR) is 344 cm³/mol. The highest BCUT2D eigenvalue weighted by Gasteiger charge is 2.32. The second kappa shape index (κ2) is 24.0. The Morgan fingerprint density at radius 3 is 1.48 bits per heavy atom. The van der Waals surface area contributed by atoms with Crippen molar-refractivity contribution in [2.75, 3.05) is 49.3 Å². The number of hydrogen-bond donors (Lipinski definition) is 4. The van der Waals surface area contributed by atoms with Crippen LogP contribution in [0.25, 0.3) is 100 Å². The van der Waals surface area contributed by atoms with Crippen LogP contribution in [-0.4, -0.2) is 116 Å². The van der Waals surface area contributed by atoms with Gasteiger partial charge in [0.25, 0.3) is 11.8 Å². The lowest BCUT2D eigenvalue weighted by molar-refractivity contribution is 0.0956. The summed E-state index contributed by atoms with van der Waals surface area (Å²) in [5, 5.41) is 43.8. The number of amides is 2. The first kappa shape index (κ1) is 62.3. The summed E-state index contributed by atoms with van der Waals surface area (Å²) in [6, 6.07) is 34.0. The van der Waals surface area contributed by atoms with Gasteiger partial charge in [-0.1, -0.05) is 23.7 Å². The van der Waals surface area contributed by atoms with E-state index in [0.717, 1.165) is 79.0 Å². The third-order valence-corrected chi connectivity index (χ3v) is 18.8. The highest BCUT2D eigenvalue weighted by Crippen LogP contribution is 2.44. The van der Waals surface area contributed by atoms with Gasteiger partial charge in [0.05, 0.1) is 74.5 Å². The van der Waals surface area contributed by atoms with Crippen molar-refractivity contribution in [2.24, 2.45) is 0 Å². The molecule has 0 radical (unpaired) electrons. The van der Waals surface area contributed by atoms with Crippen LogP contribution in [0.2, 0.25) is 5.15 Å². The molecule has 0 aliphatic carbocycles. The zero-order valence-electron chi connectivity index (χ0n) is 49.6. The fraction of sp³-hybridized carbons (Fsp3) is 0.156. The average molecular weight is 1310 g/mol. The first-order chi connectivity index (χ1) is 43.8. The summed E-state index contributed by atoms with van der Waals surface area (Å²) in [4.78, 5) is 25.7. The van der Waals surface area contributed by atoms with Crippen LogP contribution in [0, 0.1) is 23.3 Å². The molecule has 14 rings (SSSR count). The molecule has 0 fully saturated rings. The van der Waals surface area contributed by atoms with Crippen LogP contribution in [0.4, 0.5) is 28.9 Å². The minimum atomic E-state index is -3.75. The Kier molecular flexibility index (Phi) is 16.3. The van der Waals surface area contributed by atoms with Crippen LogP contribution >= 0.6 is 11.6 Å². The van der Waals surface area contributed by atoms with Gasteiger partial charge in [-0.3, -0.25) is 18.2 Å². The molecule has 0 saturated heterocycles. The SMILES string of the molecule is CNC(=O)c1c(-c2ccc(F)cc2)oc2cc(N(C)S(C)(=O)=O)c(-c3cc4c(nn3)CCn3c-4cc4c(F)cccc43)cc12.CNC(=O)c1c(-c2ccc(F)cc2)oc2cc(N(C)S(C)(=O)=O)c(B(O)O)cc12.Fc1cccc2c1cc1n2CCc2nnc(Cl)cc2-1. The zero-order valence-corrected chi connectivity index (χ0v) is 51.9. The minimum Gasteiger partial charge on any atom is -0.455 e. The summed E-state index contributed by atoms with van der Waals surface area (Å²) in [6.07, 6.45) is 3.41. The number of aromatic nitrogens is 6. The van der Waals surface area contributed by atoms with E-state index < -0.39 is 50.6 Å². The van der Waals surface area contributed by atoms with Crippen LogP contribution in [0.3, 0.4) is 0 Å². The molecule has 92 heavy (non-hydrogen) atoms. The molecular formula is C64H52BClF4N10O10S2. The van der Waals surface area contributed by atoms with Crippen molar-refractivity contribution in [2.45, 2.75) is 25.9 Å². The van der Waals surface area contributed by atoms with E-state index in [9.17, 15) is 54.0 Å². The minimum absolute atomic E-state index is 0.0159. The van der Waals surface area contributed by atoms with E-state index in [0.29, 0.717) is 56.7 Å². The molecule has 6 aromatic heterocycles. The maximum Gasteiger partial charge on any atom is 0.490 e. The second-order valence-corrected chi connectivity index (χ2v) is 26.1. The third kappa shape index (κ3) is 11.3. The number of hydrogen-bond acceptors (Lipinski definition) is 14. The van der Waals surface area contributed by atoms with Crippen LogP contribution in [0.1, 0.15) is 32.1 Å². The van der Waals surface area contributed by atoms with Gasteiger partial charge in [0.1, 0.15) is 46.0 Å². The lowest BCUT2D eigenvalue weighted by atomic mass is 9.78. The van der Waals surface area contributed by atoms with E-state index >= 15 is 0 Å². The Balaban J connectivity index is 0.000000145. The average Bonchev–Trinajstić information content (AvgIpc) is 1.57. The monoisotopic (exact) mass is 1310 g/mol. The number of halogens is 5. The van der Waals surface area contributed by atoms with Crippen molar-refractivity contribution in [1.29, 1.82) is 0 Å². The van der Waals surface area contributed by atoms with E-state index in [1.54, 1.807) is 36.4 Å². The molecule has 0 spiro atoms. The Morgan fingerprint density at radius 1 is 0.565 bits per heavy atom. The fourth-order valence-electron chi connectivity index (χ4n) is 11.5. The van der Waals surface area contributed by atoms with E-state index in [1.165, 1.54) is 101 Å². The Bertz CT molecular complexity index is 5240. The molecule has 468 valence electrons. The molecule has 8 heterocycles. The molecule has 20 nitrogen and oxygen atoms in total. The number of benzene rings is 6. The van der Waals surface area contributed by atoms with Crippen molar-refractivity contribution >= 4 is 111 Å². The van der Waals surface area contributed by atoms with Gasteiger partial charge >= 0.3 is 7.12 Å². The van der Waals surface area contributed by atoms with E-state index in [4.69, 9.17) is 20.4 Å². The number of nitrogens with one attached hydrogen (secondary N) is 2. The number of carbonyl (C=O) groups excluding carboxylic acids is 2. The van der Waals surface area contributed by atoms with Crippen molar-refractivity contribution in [1.82, 2.24) is 40.2 Å². The van der Waals surface area contributed by atoms with Crippen molar-refractivity contribution in [3.05, 3.63) is 184 Å². The number of carbonyl (C=O) groups is 2. The summed E-state index contributed by atoms with van der Waals surface area (Å²) < 4.78 is 123. The molecular weight excluding hydrogens is 1260 g/mol. The Labute approximate surface area is 527 Å². The van der Waals surface area contributed by atoms with E-state index in [-0.39, 0.29) is 67.7 Å². The molecule has 12 aromatic rings. The largest absolute Gasteiger partial charge is 0.490 e. The topological polar surface area (TPSA) is 261 Å². The molecule has 2 aliphatic heterocycles. The summed E-state index contributed by atoms with van der Waals surface area (Å²) in [5.41, 5.74) is 9.19. The van der Waals surface area contributed by atoms with Crippen LogP contribution < -0.4 is 24.7 Å². The number of fused-ring (bicyclic) bond motifs is 12. The van der Waals surface area contributed by atoms with Crippen LogP contribution in [0.15, 0.2) is 142 Å². The van der Waals surface area contributed by atoms with Gasteiger partial charge in [-0.25, -0.2) is 34.4 Å². The maximum absolute atomic E-state index is 14.7. The van der Waals surface area contributed by atoms with Crippen molar-refractivity contribution < 1.29 is 62.9 Å². The summed E-state index contributed by atoms with van der Waals surface area (Å²) in [7, 11) is -3.89. The smallest absolute Gasteiger partial charge is 0.455 e. The fourth-order valence-corrected chi connectivity index (χ4v) is 12.7. The van der Waals surface area contributed by atoms with Crippen molar-refractivity contribution in [3.63, 3.8) is 0 Å². The quantitative estimate of drug-likeness (QED) is 0.0734. The second-order valence-electron chi connectivity index (χ2n) is 21.7. The van der Waals surface area contributed by atoms with Gasteiger partial charge in [0.15, 0.2) is 5.15 Å². The molecule has 28 heteroatoms. The first-order valence-electron chi connectivity index (χ1n) is 28.2. The lowest BCUT2D eigenvalue weighted by Gasteiger charge is -2.22. The number of nitrogens with zero attached hydrogens (tertiary/aromatic N) is 8. The van der Waals surface area contributed by atoms with E-state index in [1.807, 2.05) is 28.8 Å². The highest BCUT2D eigenvalue weighted by molar-refractivity contribution is 7.92. The number of sulfonamides is 2. The summed E-state index contributed by atoms with van der Waals surface area (Å²) in [6.45, 7) is 1.39. The van der Waals surface area contributed by atoms with Crippen LogP contribution in [-0.2, 0) is 46.0 Å². The van der Waals surface area contributed by atoms with E-state index in [2.05, 4.69) is 35.6 Å². The van der Waals surface area contributed by atoms with Gasteiger partial charge in [0.2, 0.25) is 20.0 Å². The van der Waals surface area contributed by atoms with Crippen molar-refractivity contribution in [3.8, 4) is 56.4 Å². The van der Waals surface area contributed by atoms with Gasteiger partial charge in [-0.05, 0) is 109 Å². The van der Waals surface area contributed by atoms with Gasteiger partial charge in [0, 0.05) is 121 Å². The predicted octanol–water partition coefficient (Wildman–Crippen LogP) is 9.89. The molecule has 0 saturated carbocycles. The number of anilines is 2. The Hall–Kier alpha value is -9.93. The number of rotatable bonds is 10. The van der Waals surface area contributed by atoms with Gasteiger partial charge in [-0.2, -0.15) is 15.3 Å². The molecule has 4 N–H and O–H groups in total. The molecule has 6 aromatic carbocycles. The number of aryl methyl sites for hydroxylation is 4. The molecule has 0 atom stereocenters. The van der Waals surface area contributed by atoms with Crippen LogP contribution in [0.5, 0.6) is 0 Å². The first-order valence-corrected chi connectivity index (χ1v) is 32.3. The highest BCUT2D eigenvalue weighted by atomic mass is 35.5. The van der Waals surface area contributed by atoms with Gasteiger partial charge < -0.3 is 38.7 Å². The summed E-state index contributed by atoms with van der Waals surface area (Å²) in [5.74, 6) is -2.05. The molecule has 0 bridgehead atoms. The zero-order chi connectivity index (χ0) is 65.4. The Morgan fingerprint density at radius 2 is 1.01 bits per heavy atom. The molecule has 2 aliphatic rings. The molecule has 2 amide bonds. The summed E-state index contributed by atoms with van der Waals surface area (Å²) >= 11 is 5.92. The molecule has 0 unspecified atom stereocenters. The maximum atomic E-state index is 14.7.